The van der Waals surface area contributed by atoms with Crippen molar-refractivity contribution in [1.82, 2.24) is 4.90 Å². The van der Waals surface area contributed by atoms with E-state index in [2.05, 4.69) is 6.92 Å². The van der Waals surface area contributed by atoms with Gasteiger partial charge in [0.15, 0.2) is 6.61 Å². The van der Waals surface area contributed by atoms with Gasteiger partial charge in [0.2, 0.25) is 0 Å². The van der Waals surface area contributed by atoms with E-state index >= 15 is 0 Å². The lowest BCUT2D eigenvalue weighted by Crippen LogP contribution is -2.53. The second kappa shape index (κ2) is 7.67. The number of esters is 1. The molecule has 2 saturated carbocycles. The Labute approximate surface area is 139 Å². The Kier molecular flexibility index (Phi) is 5.60. The minimum absolute atomic E-state index is 0.0218. The fourth-order valence-electron chi connectivity index (χ4n) is 4.96. The number of fused-ring (bicyclic) bond motifs is 1. The number of nitrogens with zero attached hydrogens (tertiary/aromatic N) is 1. The Morgan fingerprint density at radius 1 is 1.00 bits per heavy atom. The van der Waals surface area contributed by atoms with Gasteiger partial charge in [0, 0.05) is 19.0 Å². The molecule has 4 heteroatoms. The molecule has 0 N–H and O–H groups in total. The quantitative estimate of drug-likeness (QED) is 0.744. The Morgan fingerprint density at radius 2 is 1.70 bits per heavy atom. The molecule has 0 bridgehead atoms. The van der Waals surface area contributed by atoms with Gasteiger partial charge in [0.25, 0.3) is 5.91 Å². The molecular weight excluding hydrogens is 290 g/mol. The topological polar surface area (TPSA) is 46.6 Å². The second-order valence-electron chi connectivity index (χ2n) is 7.88. The van der Waals surface area contributed by atoms with Crippen LogP contribution in [-0.2, 0) is 14.3 Å². The van der Waals surface area contributed by atoms with Crippen LogP contribution in [0.1, 0.15) is 71.1 Å². The molecule has 0 aromatic rings. The molecular formula is C19H31NO3. The molecule has 4 nitrogen and oxygen atoms in total. The number of likely N-dealkylation sites (tertiary alicyclic amines) is 1. The average Bonchev–Trinajstić information content (AvgIpc) is 3.06. The highest BCUT2D eigenvalue weighted by molar-refractivity contribution is 5.81. The summed E-state index contributed by atoms with van der Waals surface area (Å²) in [4.78, 5) is 26.5. The van der Waals surface area contributed by atoms with Crippen LogP contribution < -0.4 is 0 Å². The van der Waals surface area contributed by atoms with E-state index in [1.807, 2.05) is 4.90 Å². The molecule has 1 aliphatic heterocycles. The third-order valence-electron chi connectivity index (χ3n) is 6.35. The number of ether oxygens (including phenoxy) is 1. The van der Waals surface area contributed by atoms with E-state index in [1.54, 1.807) is 0 Å². The van der Waals surface area contributed by atoms with Crippen LogP contribution in [-0.4, -0.2) is 36.0 Å². The van der Waals surface area contributed by atoms with Gasteiger partial charge in [-0.1, -0.05) is 32.6 Å². The van der Waals surface area contributed by atoms with Gasteiger partial charge in [-0.25, -0.2) is 0 Å². The lowest BCUT2D eigenvalue weighted by Gasteiger charge is -2.47. The van der Waals surface area contributed by atoms with Crippen LogP contribution in [0.2, 0.25) is 0 Å². The summed E-state index contributed by atoms with van der Waals surface area (Å²) >= 11 is 0. The third kappa shape index (κ3) is 4.07. The molecule has 3 aliphatic rings. The Morgan fingerprint density at radius 3 is 2.48 bits per heavy atom. The van der Waals surface area contributed by atoms with Crippen molar-refractivity contribution in [1.29, 1.82) is 0 Å². The minimum atomic E-state index is -0.184. The predicted molar refractivity (Wildman–Crippen MR) is 88.8 cm³/mol. The summed E-state index contributed by atoms with van der Waals surface area (Å²) < 4.78 is 5.30. The van der Waals surface area contributed by atoms with Gasteiger partial charge >= 0.3 is 5.97 Å². The SMILES string of the molecule is C[C@@H]1CCN(C(=O)COC(=O)CC2CCCC2)[C@@H]2CCCC[C@@H]12. The van der Waals surface area contributed by atoms with Crippen LogP contribution >= 0.6 is 0 Å². The van der Waals surface area contributed by atoms with Gasteiger partial charge in [-0.3, -0.25) is 9.59 Å². The predicted octanol–water partition coefficient (Wildman–Crippen LogP) is 3.54. The standard InChI is InChI=1S/C19H31NO3/c1-14-10-11-20(17-9-5-4-8-16(14)17)18(21)13-23-19(22)12-15-6-2-3-7-15/h14-17H,2-13H2,1H3/t14-,16+,17-/m1/s1. The molecule has 3 atom stereocenters. The molecule has 0 radical (unpaired) electrons. The third-order valence-corrected chi connectivity index (χ3v) is 6.35. The number of rotatable bonds is 4. The zero-order valence-electron chi connectivity index (χ0n) is 14.5. The van der Waals surface area contributed by atoms with Crippen molar-refractivity contribution in [3.05, 3.63) is 0 Å². The summed E-state index contributed by atoms with van der Waals surface area (Å²) in [6, 6.07) is 0.383. The molecule has 1 heterocycles. The van der Waals surface area contributed by atoms with Crippen molar-refractivity contribution in [2.45, 2.75) is 77.2 Å². The number of hydrogen-bond donors (Lipinski definition) is 0. The maximum absolute atomic E-state index is 12.6. The van der Waals surface area contributed by atoms with Crippen molar-refractivity contribution < 1.29 is 14.3 Å². The van der Waals surface area contributed by atoms with E-state index < -0.39 is 0 Å². The van der Waals surface area contributed by atoms with Crippen molar-refractivity contribution >= 4 is 11.9 Å². The zero-order chi connectivity index (χ0) is 16.2. The van der Waals surface area contributed by atoms with E-state index in [-0.39, 0.29) is 18.5 Å². The molecule has 3 fully saturated rings. The molecule has 0 aromatic carbocycles. The van der Waals surface area contributed by atoms with E-state index in [0.717, 1.165) is 32.2 Å². The second-order valence-corrected chi connectivity index (χ2v) is 7.88. The van der Waals surface area contributed by atoms with Crippen molar-refractivity contribution in [2.24, 2.45) is 17.8 Å². The summed E-state index contributed by atoms with van der Waals surface area (Å²) in [7, 11) is 0. The van der Waals surface area contributed by atoms with Gasteiger partial charge in [0.1, 0.15) is 0 Å². The first kappa shape index (κ1) is 16.8. The smallest absolute Gasteiger partial charge is 0.306 e. The van der Waals surface area contributed by atoms with E-state index in [1.165, 1.54) is 32.1 Å². The highest BCUT2D eigenvalue weighted by atomic mass is 16.5. The van der Waals surface area contributed by atoms with Crippen molar-refractivity contribution in [3.63, 3.8) is 0 Å². The Hall–Kier alpha value is -1.06. The van der Waals surface area contributed by atoms with E-state index in [0.29, 0.717) is 30.2 Å². The van der Waals surface area contributed by atoms with Gasteiger partial charge in [-0.2, -0.15) is 0 Å². The van der Waals surface area contributed by atoms with Gasteiger partial charge in [-0.15, -0.1) is 0 Å². The average molecular weight is 321 g/mol. The maximum atomic E-state index is 12.6. The van der Waals surface area contributed by atoms with Crippen LogP contribution in [0.15, 0.2) is 0 Å². The van der Waals surface area contributed by atoms with Crippen molar-refractivity contribution in [2.75, 3.05) is 13.2 Å². The van der Waals surface area contributed by atoms with Gasteiger partial charge < -0.3 is 9.64 Å². The van der Waals surface area contributed by atoms with E-state index in [4.69, 9.17) is 4.74 Å². The lowest BCUT2D eigenvalue weighted by atomic mass is 9.72. The zero-order valence-corrected chi connectivity index (χ0v) is 14.5. The van der Waals surface area contributed by atoms with Crippen LogP contribution in [0.5, 0.6) is 0 Å². The number of piperidine rings is 1. The maximum Gasteiger partial charge on any atom is 0.306 e. The van der Waals surface area contributed by atoms with Crippen LogP contribution in [0.4, 0.5) is 0 Å². The van der Waals surface area contributed by atoms with E-state index in [9.17, 15) is 9.59 Å². The van der Waals surface area contributed by atoms with Crippen LogP contribution in [0.3, 0.4) is 0 Å². The molecule has 0 spiro atoms. The van der Waals surface area contributed by atoms with Crippen molar-refractivity contribution in [3.8, 4) is 0 Å². The summed E-state index contributed by atoms with van der Waals surface area (Å²) in [5, 5.41) is 0. The summed E-state index contributed by atoms with van der Waals surface area (Å²) in [5.41, 5.74) is 0. The largest absolute Gasteiger partial charge is 0.456 e. The first-order valence-corrected chi connectivity index (χ1v) is 9.60. The summed E-state index contributed by atoms with van der Waals surface area (Å²) in [6.45, 7) is 3.11. The fourth-order valence-corrected chi connectivity index (χ4v) is 4.96. The highest BCUT2D eigenvalue weighted by Crippen LogP contribution is 2.38. The molecule has 2 aliphatic carbocycles. The van der Waals surface area contributed by atoms with Gasteiger partial charge in [-0.05, 0) is 49.9 Å². The normalized spacial score (nSPS) is 31.7. The fraction of sp³-hybridized carbons (Fsp3) is 0.895. The monoisotopic (exact) mass is 321 g/mol. The first-order valence-electron chi connectivity index (χ1n) is 9.60. The first-order chi connectivity index (χ1) is 11.1. The molecule has 1 amide bonds. The van der Waals surface area contributed by atoms with Crippen LogP contribution in [0, 0.1) is 17.8 Å². The highest BCUT2D eigenvalue weighted by Gasteiger charge is 2.39. The number of carbonyl (C=O) groups is 2. The minimum Gasteiger partial charge on any atom is -0.456 e. The summed E-state index contributed by atoms with van der Waals surface area (Å²) in [5.74, 6) is 1.69. The molecule has 130 valence electrons. The Bertz CT molecular complexity index is 430. The van der Waals surface area contributed by atoms with Crippen LogP contribution in [0.25, 0.3) is 0 Å². The molecule has 23 heavy (non-hydrogen) atoms. The van der Waals surface area contributed by atoms with Gasteiger partial charge in [0.05, 0.1) is 0 Å². The summed E-state index contributed by atoms with van der Waals surface area (Å²) in [6.07, 6.45) is 11.2. The molecule has 1 saturated heterocycles. The number of hydrogen-bond acceptors (Lipinski definition) is 3. The number of carbonyl (C=O) groups excluding carboxylic acids is 2. The lowest BCUT2D eigenvalue weighted by molar-refractivity contribution is -0.156. The molecule has 0 unspecified atom stereocenters. The Balaban J connectivity index is 1.48. The number of amides is 1. The molecule has 3 rings (SSSR count). The molecule has 0 aromatic heterocycles.